The molecule has 22 heavy (non-hydrogen) atoms. The zero-order chi connectivity index (χ0) is 15.4. The Hall–Kier alpha value is -2.14. The summed E-state index contributed by atoms with van der Waals surface area (Å²) in [6.07, 6.45) is 0.449. The van der Waals surface area contributed by atoms with Crippen LogP contribution in [0.2, 0.25) is 0 Å². The zero-order valence-electron chi connectivity index (χ0n) is 12.1. The highest BCUT2D eigenvalue weighted by molar-refractivity contribution is 7.11. The number of hydrogen-bond acceptors (Lipinski definition) is 4. The molecule has 0 unspecified atom stereocenters. The second-order valence-corrected chi connectivity index (χ2v) is 6.35. The standard InChI is InChI=1S/C17H17NO3S/c19-16-9-14(12-21-17(20)15-7-4-8-22-15)11-18(16)10-13-5-2-1-3-6-13/h1-8,14H,9-12H2/t14-/m0/s1. The van der Waals surface area contributed by atoms with Crippen LogP contribution in [0.5, 0.6) is 0 Å². The second kappa shape index (κ2) is 6.75. The predicted molar refractivity (Wildman–Crippen MR) is 84.6 cm³/mol. The van der Waals surface area contributed by atoms with E-state index in [1.54, 1.807) is 6.07 Å². The van der Waals surface area contributed by atoms with Gasteiger partial charge in [-0.3, -0.25) is 4.79 Å². The fourth-order valence-electron chi connectivity index (χ4n) is 2.58. The molecule has 1 saturated heterocycles. The van der Waals surface area contributed by atoms with E-state index in [1.807, 2.05) is 46.7 Å². The number of nitrogens with zero attached hydrogens (tertiary/aromatic N) is 1. The van der Waals surface area contributed by atoms with Crippen LogP contribution in [0.1, 0.15) is 21.7 Å². The van der Waals surface area contributed by atoms with E-state index in [1.165, 1.54) is 11.3 Å². The molecule has 2 aromatic rings. The number of carbonyl (C=O) groups excluding carboxylic acids is 2. The molecule has 1 amide bonds. The first kappa shape index (κ1) is 14.8. The number of rotatable bonds is 5. The maximum Gasteiger partial charge on any atom is 0.348 e. The van der Waals surface area contributed by atoms with E-state index >= 15 is 0 Å². The number of amides is 1. The average Bonchev–Trinajstić information content (AvgIpc) is 3.17. The fourth-order valence-corrected chi connectivity index (χ4v) is 3.20. The summed E-state index contributed by atoms with van der Waals surface area (Å²) in [5.74, 6) is -0.0925. The van der Waals surface area contributed by atoms with Crippen molar-refractivity contribution in [2.45, 2.75) is 13.0 Å². The molecule has 1 fully saturated rings. The highest BCUT2D eigenvalue weighted by atomic mass is 32.1. The zero-order valence-corrected chi connectivity index (χ0v) is 12.9. The summed E-state index contributed by atoms with van der Waals surface area (Å²) < 4.78 is 5.31. The van der Waals surface area contributed by atoms with Gasteiger partial charge in [-0.15, -0.1) is 11.3 Å². The van der Waals surface area contributed by atoms with Crippen molar-refractivity contribution in [3.05, 3.63) is 58.3 Å². The fraction of sp³-hybridized carbons (Fsp3) is 0.294. The van der Waals surface area contributed by atoms with E-state index in [9.17, 15) is 9.59 Å². The van der Waals surface area contributed by atoms with E-state index in [0.29, 0.717) is 31.0 Å². The van der Waals surface area contributed by atoms with Gasteiger partial charge in [0.15, 0.2) is 0 Å². The van der Waals surface area contributed by atoms with Crippen LogP contribution in [0.15, 0.2) is 47.8 Å². The Morgan fingerprint density at radius 1 is 1.23 bits per heavy atom. The van der Waals surface area contributed by atoms with Gasteiger partial charge in [0.05, 0.1) is 6.61 Å². The van der Waals surface area contributed by atoms with Crippen molar-refractivity contribution in [3.63, 3.8) is 0 Å². The lowest BCUT2D eigenvalue weighted by molar-refractivity contribution is -0.128. The van der Waals surface area contributed by atoms with Crippen LogP contribution in [0, 0.1) is 5.92 Å². The number of benzene rings is 1. The number of hydrogen-bond donors (Lipinski definition) is 0. The molecule has 0 radical (unpaired) electrons. The second-order valence-electron chi connectivity index (χ2n) is 5.41. The van der Waals surface area contributed by atoms with Gasteiger partial charge in [-0.05, 0) is 17.0 Å². The molecule has 1 aliphatic rings. The largest absolute Gasteiger partial charge is 0.461 e. The molecule has 1 aromatic heterocycles. The maximum absolute atomic E-state index is 12.0. The molecule has 114 valence electrons. The Kier molecular flexibility index (Phi) is 4.53. The van der Waals surface area contributed by atoms with Gasteiger partial charge in [-0.25, -0.2) is 4.79 Å². The van der Waals surface area contributed by atoms with Crippen molar-refractivity contribution in [2.75, 3.05) is 13.2 Å². The Labute approximate surface area is 133 Å². The van der Waals surface area contributed by atoms with Gasteiger partial charge in [0.1, 0.15) is 4.88 Å². The number of likely N-dealkylation sites (tertiary alicyclic amines) is 1. The Morgan fingerprint density at radius 2 is 2.05 bits per heavy atom. The minimum atomic E-state index is -0.302. The van der Waals surface area contributed by atoms with Crippen molar-refractivity contribution in [2.24, 2.45) is 5.92 Å². The molecule has 4 nitrogen and oxygen atoms in total. The van der Waals surface area contributed by atoms with Gasteiger partial charge >= 0.3 is 5.97 Å². The molecule has 0 saturated carbocycles. The van der Waals surface area contributed by atoms with Gasteiger partial charge < -0.3 is 9.64 Å². The van der Waals surface area contributed by atoms with Crippen LogP contribution < -0.4 is 0 Å². The molecular formula is C17H17NO3S. The Bertz CT molecular complexity index is 639. The van der Waals surface area contributed by atoms with Crippen molar-refractivity contribution < 1.29 is 14.3 Å². The molecule has 0 N–H and O–H groups in total. The first-order chi connectivity index (χ1) is 10.7. The Morgan fingerprint density at radius 3 is 2.77 bits per heavy atom. The van der Waals surface area contributed by atoms with Gasteiger partial charge in [-0.1, -0.05) is 36.4 Å². The molecule has 1 aliphatic heterocycles. The van der Waals surface area contributed by atoms with Crippen LogP contribution in [-0.4, -0.2) is 29.9 Å². The van der Waals surface area contributed by atoms with Crippen molar-refractivity contribution in [1.82, 2.24) is 4.90 Å². The summed E-state index contributed by atoms with van der Waals surface area (Å²) in [6.45, 7) is 1.56. The lowest BCUT2D eigenvalue weighted by atomic mass is 10.1. The summed E-state index contributed by atoms with van der Waals surface area (Å²) in [6, 6.07) is 13.5. The van der Waals surface area contributed by atoms with Crippen LogP contribution >= 0.6 is 11.3 Å². The van der Waals surface area contributed by atoms with E-state index in [4.69, 9.17) is 4.74 Å². The van der Waals surface area contributed by atoms with E-state index < -0.39 is 0 Å². The topological polar surface area (TPSA) is 46.6 Å². The molecule has 0 spiro atoms. The predicted octanol–water partition coefficient (Wildman–Crippen LogP) is 2.95. The summed E-state index contributed by atoms with van der Waals surface area (Å²) in [5, 5.41) is 1.84. The third kappa shape index (κ3) is 3.54. The monoisotopic (exact) mass is 315 g/mol. The minimum Gasteiger partial charge on any atom is -0.461 e. The molecular weight excluding hydrogens is 298 g/mol. The maximum atomic E-state index is 12.0. The van der Waals surface area contributed by atoms with Crippen LogP contribution in [0.25, 0.3) is 0 Å². The van der Waals surface area contributed by atoms with E-state index in [0.717, 1.165) is 5.56 Å². The quantitative estimate of drug-likeness (QED) is 0.797. The molecule has 2 heterocycles. The molecule has 1 atom stereocenters. The third-order valence-electron chi connectivity index (χ3n) is 3.68. The molecule has 5 heteroatoms. The lowest BCUT2D eigenvalue weighted by Gasteiger charge is -2.16. The molecule has 1 aromatic carbocycles. The van der Waals surface area contributed by atoms with Crippen molar-refractivity contribution in [3.8, 4) is 0 Å². The minimum absolute atomic E-state index is 0.0834. The summed E-state index contributed by atoms with van der Waals surface area (Å²) in [4.78, 5) is 26.3. The molecule has 0 bridgehead atoms. The van der Waals surface area contributed by atoms with E-state index in [2.05, 4.69) is 0 Å². The van der Waals surface area contributed by atoms with E-state index in [-0.39, 0.29) is 17.8 Å². The first-order valence-corrected chi connectivity index (χ1v) is 8.12. The normalized spacial score (nSPS) is 17.7. The smallest absolute Gasteiger partial charge is 0.348 e. The third-order valence-corrected chi connectivity index (χ3v) is 4.53. The van der Waals surface area contributed by atoms with Gasteiger partial charge in [0.25, 0.3) is 0 Å². The summed E-state index contributed by atoms with van der Waals surface area (Å²) >= 11 is 1.36. The summed E-state index contributed by atoms with van der Waals surface area (Å²) in [5.41, 5.74) is 1.12. The van der Waals surface area contributed by atoms with Gasteiger partial charge in [0, 0.05) is 25.4 Å². The van der Waals surface area contributed by atoms with Crippen molar-refractivity contribution in [1.29, 1.82) is 0 Å². The first-order valence-electron chi connectivity index (χ1n) is 7.24. The van der Waals surface area contributed by atoms with Crippen LogP contribution in [0.4, 0.5) is 0 Å². The number of thiophene rings is 1. The SMILES string of the molecule is O=C(OC[C@H]1CC(=O)N(Cc2ccccc2)C1)c1cccs1. The van der Waals surface area contributed by atoms with Crippen LogP contribution in [-0.2, 0) is 16.1 Å². The van der Waals surface area contributed by atoms with Gasteiger partial charge in [0.2, 0.25) is 5.91 Å². The van der Waals surface area contributed by atoms with Crippen LogP contribution in [0.3, 0.4) is 0 Å². The summed E-state index contributed by atoms with van der Waals surface area (Å²) in [7, 11) is 0. The lowest BCUT2D eigenvalue weighted by Crippen LogP contribution is -2.25. The molecule has 0 aliphatic carbocycles. The Balaban J connectivity index is 1.50. The number of carbonyl (C=O) groups is 2. The van der Waals surface area contributed by atoms with Gasteiger partial charge in [-0.2, -0.15) is 0 Å². The highest BCUT2D eigenvalue weighted by Crippen LogP contribution is 2.21. The highest BCUT2D eigenvalue weighted by Gasteiger charge is 2.30. The number of ether oxygens (including phenoxy) is 1. The van der Waals surface area contributed by atoms with Crippen molar-refractivity contribution >= 4 is 23.2 Å². The number of esters is 1. The average molecular weight is 315 g/mol. The molecule has 3 rings (SSSR count).